The molecule has 5 nitrogen and oxygen atoms in total. The summed E-state index contributed by atoms with van der Waals surface area (Å²) < 4.78 is 5.54. The Hall–Kier alpha value is -1.95. The van der Waals surface area contributed by atoms with E-state index >= 15 is 0 Å². The molecule has 0 radical (unpaired) electrons. The number of anilines is 1. The lowest BCUT2D eigenvalue weighted by Crippen LogP contribution is -2.14. The molecule has 1 amide bonds. The van der Waals surface area contributed by atoms with Gasteiger partial charge >= 0.3 is 5.97 Å². The molecular formula is C17H14Cl3NO4. The van der Waals surface area contributed by atoms with E-state index in [0.717, 1.165) is 0 Å². The third-order valence-electron chi connectivity index (χ3n) is 3.08. The minimum Gasteiger partial charge on any atom is -0.491 e. The summed E-state index contributed by atoms with van der Waals surface area (Å²) in [5.41, 5.74) is 0.192. The molecule has 0 heterocycles. The summed E-state index contributed by atoms with van der Waals surface area (Å²) in [5, 5.41) is 11.8. The quantitative estimate of drug-likeness (QED) is 0.703. The predicted molar refractivity (Wildman–Crippen MR) is 98.6 cm³/mol. The Balaban J connectivity index is 2.33. The molecule has 0 aliphatic rings. The van der Waals surface area contributed by atoms with E-state index < -0.39 is 11.9 Å². The van der Waals surface area contributed by atoms with Gasteiger partial charge in [-0.2, -0.15) is 0 Å². The van der Waals surface area contributed by atoms with Crippen molar-refractivity contribution in [3.63, 3.8) is 0 Å². The smallest absolute Gasteiger partial charge is 0.335 e. The fourth-order valence-electron chi connectivity index (χ4n) is 2.02. The highest BCUT2D eigenvalue weighted by molar-refractivity contribution is 6.41. The average molecular weight is 403 g/mol. The van der Waals surface area contributed by atoms with Crippen molar-refractivity contribution in [3.05, 3.63) is 56.5 Å². The number of carbonyl (C=O) groups excluding carboxylic acids is 1. The molecule has 0 fully saturated rings. The standard InChI is InChI=1S/C17H14Cl3NO4/c1-8(2)25-10-3-4-12(18)11(7-10)16(22)21-15-13(19)5-9(17(23)24)6-14(15)20/h3-8H,1-2H3,(H,21,22)(H,23,24). The lowest BCUT2D eigenvalue weighted by Gasteiger charge is -2.14. The second-order valence-electron chi connectivity index (χ2n) is 5.38. The minimum absolute atomic E-state index is 0.00366. The first-order valence-electron chi connectivity index (χ1n) is 7.19. The van der Waals surface area contributed by atoms with Gasteiger partial charge in [0.15, 0.2) is 0 Å². The molecule has 0 aliphatic carbocycles. The van der Waals surface area contributed by atoms with Crippen LogP contribution in [0.2, 0.25) is 15.1 Å². The number of carboxylic acid groups (broad SMARTS) is 1. The van der Waals surface area contributed by atoms with Gasteiger partial charge in [0.05, 0.1) is 38.0 Å². The van der Waals surface area contributed by atoms with Crippen LogP contribution < -0.4 is 10.1 Å². The number of nitrogens with one attached hydrogen (secondary N) is 1. The number of halogens is 3. The number of ether oxygens (including phenoxy) is 1. The highest BCUT2D eigenvalue weighted by Crippen LogP contribution is 2.33. The number of carbonyl (C=O) groups is 2. The Morgan fingerprint density at radius 1 is 1.04 bits per heavy atom. The third kappa shape index (κ3) is 4.78. The van der Waals surface area contributed by atoms with E-state index in [9.17, 15) is 9.59 Å². The van der Waals surface area contributed by atoms with Crippen molar-refractivity contribution < 1.29 is 19.4 Å². The van der Waals surface area contributed by atoms with Crippen LogP contribution in [0.5, 0.6) is 5.75 Å². The topological polar surface area (TPSA) is 75.6 Å². The van der Waals surface area contributed by atoms with Crippen molar-refractivity contribution >= 4 is 52.4 Å². The molecule has 2 aromatic rings. The van der Waals surface area contributed by atoms with Crippen molar-refractivity contribution in [1.29, 1.82) is 0 Å². The van der Waals surface area contributed by atoms with Gasteiger partial charge in [-0.1, -0.05) is 34.8 Å². The summed E-state index contributed by atoms with van der Waals surface area (Å²) in [6.45, 7) is 3.72. The van der Waals surface area contributed by atoms with Crippen LogP contribution in [0.3, 0.4) is 0 Å². The molecule has 8 heteroatoms. The summed E-state index contributed by atoms with van der Waals surface area (Å²) in [6, 6.07) is 7.10. The fraction of sp³-hybridized carbons (Fsp3) is 0.176. The van der Waals surface area contributed by atoms with Gasteiger partial charge in [0.25, 0.3) is 5.91 Å². The van der Waals surface area contributed by atoms with Crippen molar-refractivity contribution in [1.82, 2.24) is 0 Å². The zero-order valence-electron chi connectivity index (χ0n) is 13.3. The minimum atomic E-state index is -1.18. The second-order valence-corrected chi connectivity index (χ2v) is 6.60. The first-order valence-corrected chi connectivity index (χ1v) is 8.32. The highest BCUT2D eigenvalue weighted by Gasteiger charge is 2.18. The SMILES string of the molecule is CC(C)Oc1ccc(Cl)c(C(=O)Nc2c(Cl)cc(C(=O)O)cc2Cl)c1. The largest absolute Gasteiger partial charge is 0.491 e. The van der Waals surface area contributed by atoms with Gasteiger partial charge in [-0.25, -0.2) is 4.79 Å². The van der Waals surface area contributed by atoms with E-state index in [2.05, 4.69) is 5.32 Å². The normalized spacial score (nSPS) is 10.6. The number of amides is 1. The van der Waals surface area contributed by atoms with E-state index in [1.54, 1.807) is 12.1 Å². The molecule has 0 aromatic heterocycles. The Morgan fingerprint density at radius 3 is 2.16 bits per heavy atom. The van der Waals surface area contributed by atoms with Crippen LogP contribution in [0.25, 0.3) is 0 Å². The molecule has 0 aliphatic heterocycles. The van der Waals surface area contributed by atoms with Crippen molar-refractivity contribution in [2.24, 2.45) is 0 Å². The number of aromatic carboxylic acids is 1. The number of hydrogen-bond donors (Lipinski definition) is 2. The number of benzene rings is 2. The Bertz CT molecular complexity index is 814. The van der Waals surface area contributed by atoms with Gasteiger partial charge in [-0.3, -0.25) is 4.79 Å². The van der Waals surface area contributed by atoms with E-state index in [1.165, 1.54) is 18.2 Å². The highest BCUT2D eigenvalue weighted by atomic mass is 35.5. The molecular weight excluding hydrogens is 389 g/mol. The number of hydrogen-bond acceptors (Lipinski definition) is 3. The van der Waals surface area contributed by atoms with E-state index in [-0.39, 0.29) is 38.0 Å². The molecule has 2 rings (SSSR count). The molecule has 0 bridgehead atoms. The van der Waals surface area contributed by atoms with Crippen LogP contribution in [0.15, 0.2) is 30.3 Å². The van der Waals surface area contributed by atoms with Crippen molar-refractivity contribution in [3.8, 4) is 5.75 Å². The van der Waals surface area contributed by atoms with Crippen LogP contribution in [0.4, 0.5) is 5.69 Å². The monoisotopic (exact) mass is 401 g/mol. The third-order valence-corrected chi connectivity index (χ3v) is 4.01. The van der Waals surface area contributed by atoms with Crippen LogP contribution in [0.1, 0.15) is 34.6 Å². The molecule has 2 N–H and O–H groups in total. The summed E-state index contributed by atoms with van der Waals surface area (Å²) >= 11 is 18.1. The van der Waals surface area contributed by atoms with Gasteiger partial charge < -0.3 is 15.2 Å². The summed E-state index contributed by atoms with van der Waals surface area (Å²) in [7, 11) is 0. The summed E-state index contributed by atoms with van der Waals surface area (Å²) in [4.78, 5) is 23.5. The van der Waals surface area contributed by atoms with E-state index in [1.807, 2.05) is 13.8 Å². The maximum Gasteiger partial charge on any atom is 0.335 e. The maximum atomic E-state index is 12.5. The van der Waals surface area contributed by atoms with Gasteiger partial charge in [0.2, 0.25) is 0 Å². The predicted octanol–water partition coefficient (Wildman–Crippen LogP) is 5.38. The van der Waals surface area contributed by atoms with Crippen molar-refractivity contribution in [2.45, 2.75) is 20.0 Å². The van der Waals surface area contributed by atoms with Gasteiger partial charge in [-0.15, -0.1) is 0 Å². The molecule has 0 unspecified atom stereocenters. The Kier molecular flexibility index (Phi) is 6.16. The molecule has 0 saturated carbocycles. The average Bonchev–Trinajstić information content (AvgIpc) is 2.51. The van der Waals surface area contributed by atoms with E-state index in [0.29, 0.717) is 5.75 Å². The number of rotatable bonds is 5. The van der Waals surface area contributed by atoms with Gasteiger partial charge in [-0.05, 0) is 44.2 Å². The van der Waals surface area contributed by atoms with Crippen LogP contribution in [-0.4, -0.2) is 23.1 Å². The lowest BCUT2D eigenvalue weighted by atomic mass is 10.1. The maximum absolute atomic E-state index is 12.5. The zero-order chi connectivity index (χ0) is 18.7. The lowest BCUT2D eigenvalue weighted by molar-refractivity contribution is 0.0696. The van der Waals surface area contributed by atoms with E-state index in [4.69, 9.17) is 44.6 Å². The van der Waals surface area contributed by atoms with Gasteiger partial charge in [0, 0.05) is 0 Å². The zero-order valence-corrected chi connectivity index (χ0v) is 15.5. The Morgan fingerprint density at radius 2 is 1.64 bits per heavy atom. The molecule has 0 saturated heterocycles. The molecule has 2 aromatic carbocycles. The molecule has 0 atom stereocenters. The summed E-state index contributed by atoms with van der Waals surface area (Å²) in [6.07, 6.45) is -0.0652. The summed E-state index contributed by atoms with van der Waals surface area (Å²) in [5.74, 6) is -1.24. The van der Waals surface area contributed by atoms with Crippen LogP contribution >= 0.6 is 34.8 Å². The first kappa shape index (κ1) is 19.4. The number of carboxylic acids is 1. The Labute approximate surface area is 159 Å². The molecule has 0 spiro atoms. The van der Waals surface area contributed by atoms with Crippen molar-refractivity contribution in [2.75, 3.05) is 5.32 Å². The van der Waals surface area contributed by atoms with Gasteiger partial charge in [0.1, 0.15) is 5.75 Å². The molecule has 25 heavy (non-hydrogen) atoms. The second kappa shape index (κ2) is 7.95. The fourth-order valence-corrected chi connectivity index (χ4v) is 2.81. The van der Waals surface area contributed by atoms with Crippen LogP contribution in [-0.2, 0) is 0 Å². The first-order chi connectivity index (χ1) is 11.7. The van der Waals surface area contributed by atoms with Crippen LogP contribution in [0, 0.1) is 0 Å². The molecule has 132 valence electrons.